The van der Waals surface area contributed by atoms with Crippen molar-refractivity contribution in [1.29, 1.82) is 0 Å². The van der Waals surface area contributed by atoms with Gasteiger partial charge in [0.1, 0.15) is 6.61 Å². The molecule has 0 heterocycles. The summed E-state index contributed by atoms with van der Waals surface area (Å²) in [5.74, 6) is -0.142. The zero-order valence-corrected chi connectivity index (χ0v) is 12.8. The Balaban J connectivity index is 1.72. The van der Waals surface area contributed by atoms with Gasteiger partial charge in [0.05, 0.1) is 0 Å². The van der Waals surface area contributed by atoms with E-state index in [1.54, 1.807) is 0 Å². The second kappa shape index (κ2) is 8.35. The molecule has 0 aliphatic rings. The maximum absolute atomic E-state index is 11.2. The highest BCUT2D eigenvalue weighted by Gasteiger charge is 2.02. The number of carbonyl (C=O) groups excluding carboxylic acids is 1. The van der Waals surface area contributed by atoms with Crippen molar-refractivity contribution in [2.75, 3.05) is 12.3 Å². The summed E-state index contributed by atoms with van der Waals surface area (Å²) in [4.78, 5) is 11.2. The van der Waals surface area contributed by atoms with Crippen LogP contribution in [0.3, 0.4) is 0 Å². The Morgan fingerprint density at radius 2 is 1.27 bits per heavy atom. The molecule has 0 bridgehead atoms. The van der Waals surface area contributed by atoms with E-state index >= 15 is 0 Å². The molecule has 0 aromatic heterocycles. The van der Waals surface area contributed by atoms with E-state index in [1.807, 2.05) is 24.3 Å². The standard InChI is InChI=1S/C19H23NO2/c20-18-11-9-16(10-12-18)4-2-1-3-15-5-7-17(8-6-15)13-19(22)14-21/h5-12,21H,1-4,13-14,20H2. The Morgan fingerprint density at radius 1 is 0.818 bits per heavy atom. The molecule has 3 heteroatoms. The van der Waals surface area contributed by atoms with E-state index in [0.29, 0.717) is 6.42 Å². The van der Waals surface area contributed by atoms with Crippen molar-refractivity contribution in [1.82, 2.24) is 0 Å². The quantitative estimate of drug-likeness (QED) is 0.581. The van der Waals surface area contributed by atoms with Crippen LogP contribution in [0.25, 0.3) is 0 Å². The number of carbonyl (C=O) groups is 1. The molecule has 0 aliphatic carbocycles. The van der Waals surface area contributed by atoms with Gasteiger partial charge in [-0.05, 0) is 54.5 Å². The van der Waals surface area contributed by atoms with Crippen molar-refractivity contribution in [3.05, 3.63) is 65.2 Å². The summed E-state index contributed by atoms with van der Waals surface area (Å²) < 4.78 is 0. The summed E-state index contributed by atoms with van der Waals surface area (Å²) in [7, 11) is 0. The van der Waals surface area contributed by atoms with Gasteiger partial charge in [0.25, 0.3) is 0 Å². The van der Waals surface area contributed by atoms with Crippen LogP contribution in [0.15, 0.2) is 48.5 Å². The smallest absolute Gasteiger partial charge is 0.162 e. The zero-order valence-electron chi connectivity index (χ0n) is 12.8. The van der Waals surface area contributed by atoms with Crippen LogP contribution in [0, 0.1) is 0 Å². The lowest BCUT2D eigenvalue weighted by atomic mass is 10.0. The van der Waals surface area contributed by atoms with Crippen LogP contribution < -0.4 is 5.73 Å². The number of nitrogens with two attached hydrogens (primary N) is 1. The number of hydrogen-bond donors (Lipinski definition) is 2. The number of aryl methyl sites for hydroxylation is 2. The molecule has 0 saturated carbocycles. The van der Waals surface area contributed by atoms with E-state index in [1.165, 1.54) is 11.1 Å². The minimum atomic E-state index is -0.382. The fourth-order valence-corrected chi connectivity index (χ4v) is 2.45. The number of aliphatic hydroxyl groups excluding tert-OH is 1. The van der Waals surface area contributed by atoms with Gasteiger partial charge in [0.15, 0.2) is 5.78 Å². The molecule has 3 nitrogen and oxygen atoms in total. The van der Waals surface area contributed by atoms with Crippen molar-refractivity contribution in [2.24, 2.45) is 0 Å². The zero-order chi connectivity index (χ0) is 15.8. The molecular formula is C19H23NO2. The average Bonchev–Trinajstić information content (AvgIpc) is 2.54. The van der Waals surface area contributed by atoms with Crippen molar-refractivity contribution in [3.8, 4) is 0 Å². The van der Waals surface area contributed by atoms with Gasteiger partial charge in [0.2, 0.25) is 0 Å². The van der Waals surface area contributed by atoms with E-state index < -0.39 is 0 Å². The molecule has 0 unspecified atom stereocenters. The molecule has 2 aromatic carbocycles. The molecular weight excluding hydrogens is 274 g/mol. The van der Waals surface area contributed by atoms with E-state index in [-0.39, 0.29) is 12.4 Å². The summed E-state index contributed by atoms with van der Waals surface area (Å²) in [6, 6.07) is 16.2. The molecule has 0 radical (unpaired) electrons. The third-order valence-corrected chi connectivity index (χ3v) is 3.76. The average molecular weight is 297 g/mol. The van der Waals surface area contributed by atoms with Crippen LogP contribution in [0.2, 0.25) is 0 Å². The minimum absolute atomic E-state index is 0.142. The third-order valence-electron chi connectivity index (χ3n) is 3.76. The minimum Gasteiger partial charge on any atom is -0.399 e. The van der Waals surface area contributed by atoms with Crippen molar-refractivity contribution in [2.45, 2.75) is 32.1 Å². The monoisotopic (exact) mass is 297 g/mol. The van der Waals surface area contributed by atoms with Crippen LogP contribution in [0.4, 0.5) is 5.69 Å². The lowest BCUT2D eigenvalue weighted by Crippen LogP contribution is -2.07. The molecule has 116 valence electrons. The van der Waals surface area contributed by atoms with Gasteiger partial charge < -0.3 is 10.8 Å². The Kier molecular flexibility index (Phi) is 6.16. The molecule has 0 spiro atoms. The number of anilines is 1. The van der Waals surface area contributed by atoms with Gasteiger partial charge in [-0.3, -0.25) is 4.79 Å². The third kappa shape index (κ3) is 5.34. The van der Waals surface area contributed by atoms with Crippen LogP contribution in [-0.2, 0) is 24.1 Å². The predicted molar refractivity (Wildman–Crippen MR) is 89.7 cm³/mol. The SMILES string of the molecule is Nc1ccc(CCCCc2ccc(CC(=O)CO)cc2)cc1. The number of nitrogen functional groups attached to an aromatic ring is 1. The van der Waals surface area contributed by atoms with E-state index in [0.717, 1.165) is 36.9 Å². The topological polar surface area (TPSA) is 63.3 Å². The van der Waals surface area contributed by atoms with Gasteiger partial charge in [0, 0.05) is 12.1 Å². The number of rotatable bonds is 8. The molecule has 0 saturated heterocycles. The summed E-state index contributed by atoms with van der Waals surface area (Å²) in [5.41, 5.74) is 10.1. The normalized spacial score (nSPS) is 10.6. The highest BCUT2D eigenvalue weighted by Crippen LogP contribution is 2.12. The molecule has 0 amide bonds. The Morgan fingerprint density at radius 3 is 1.77 bits per heavy atom. The highest BCUT2D eigenvalue weighted by molar-refractivity contribution is 5.81. The van der Waals surface area contributed by atoms with E-state index in [4.69, 9.17) is 10.8 Å². The maximum Gasteiger partial charge on any atom is 0.162 e. The van der Waals surface area contributed by atoms with Gasteiger partial charge in [-0.2, -0.15) is 0 Å². The summed E-state index contributed by atoms with van der Waals surface area (Å²) in [5, 5.41) is 8.75. The second-order valence-electron chi connectivity index (χ2n) is 5.64. The summed E-state index contributed by atoms with van der Waals surface area (Å²) in [6.45, 7) is -0.382. The Bertz CT molecular complexity index is 588. The molecule has 2 aromatic rings. The molecule has 3 N–H and O–H groups in total. The Hall–Kier alpha value is -2.13. The largest absolute Gasteiger partial charge is 0.399 e. The van der Waals surface area contributed by atoms with E-state index in [9.17, 15) is 4.79 Å². The van der Waals surface area contributed by atoms with Gasteiger partial charge in [-0.1, -0.05) is 36.4 Å². The summed E-state index contributed by atoms with van der Waals surface area (Å²) in [6.07, 6.45) is 4.72. The number of unbranched alkanes of at least 4 members (excludes halogenated alkanes) is 1. The summed E-state index contributed by atoms with van der Waals surface area (Å²) >= 11 is 0. The van der Waals surface area contributed by atoms with Gasteiger partial charge in [-0.15, -0.1) is 0 Å². The molecule has 22 heavy (non-hydrogen) atoms. The molecule has 2 rings (SSSR count). The number of aliphatic hydroxyl groups is 1. The van der Waals surface area contributed by atoms with Crippen molar-refractivity contribution in [3.63, 3.8) is 0 Å². The van der Waals surface area contributed by atoms with Gasteiger partial charge in [-0.25, -0.2) is 0 Å². The van der Waals surface area contributed by atoms with Crippen LogP contribution in [-0.4, -0.2) is 17.5 Å². The second-order valence-corrected chi connectivity index (χ2v) is 5.64. The van der Waals surface area contributed by atoms with Crippen molar-refractivity contribution >= 4 is 11.5 Å². The van der Waals surface area contributed by atoms with Gasteiger partial charge >= 0.3 is 0 Å². The highest BCUT2D eigenvalue weighted by atomic mass is 16.3. The van der Waals surface area contributed by atoms with Crippen molar-refractivity contribution < 1.29 is 9.90 Å². The van der Waals surface area contributed by atoms with Crippen LogP contribution in [0.1, 0.15) is 29.5 Å². The number of Topliss-reactive ketones (excluding diaryl/α,β-unsaturated/α-hetero) is 1. The van der Waals surface area contributed by atoms with E-state index in [2.05, 4.69) is 24.3 Å². The first-order chi connectivity index (χ1) is 10.7. The van der Waals surface area contributed by atoms with Crippen LogP contribution >= 0.6 is 0 Å². The van der Waals surface area contributed by atoms with Crippen LogP contribution in [0.5, 0.6) is 0 Å². The number of ketones is 1. The first kappa shape index (κ1) is 16.2. The Labute approximate surface area is 131 Å². The lowest BCUT2D eigenvalue weighted by Gasteiger charge is -2.05. The molecule has 0 atom stereocenters. The first-order valence-corrected chi connectivity index (χ1v) is 7.72. The lowest BCUT2D eigenvalue weighted by molar-refractivity contribution is -0.121. The first-order valence-electron chi connectivity index (χ1n) is 7.72. The number of benzene rings is 2. The fraction of sp³-hybridized carbons (Fsp3) is 0.316. The number of hydrogen-bond acceptors (Lipinski definition) is 3. The fourth-order valence-electron chi connectivity index (χ4n) is 2.45. The maximum atomic E-state index is 11.2. The molecule has 0 fully saturated rings. The molecule has 0 aliphatic heterocycles. The predicted octanol–water partition coefficient (Wildman–Crippen LogP) is 2.94.